The lowest BCUT2D eigenvalue weighted by Crippen LogP contribution is -2.40. The molecule has 5 rings (SSSR count). The van der Waals surface area contributed by atoms with Crippen LogP contribution < -0.4 is 20.6 Å². The number of benzene rings is 2. The molecule has 2 aliphatic rings. The maximum atomic E-state index is 15.3. The minimum Gasteiger partial charge on any atom is -0.459 e. The minimum absolute atomic E-state index is 0.0653. The van der Waals surface area contributed by atoms with E-state index >= 15 is 4.57 Å². The molecule has 2 aliphatic heterocycles. The molecule has 11 nitrogen and oxygen atoms in total. The fraction of sp³-hybridized carbons (Fsp3) is 0.370. The fourth-order valence-electron chi connectivity index (χ4n) is 5.20. The summed E-state index contributed by atoms with van der Waals surface area (Å²) in [6.07, 6.45) is 1.42. The largest absolute Gasteiger partial charge is 0.459 e. The Morgan fingerprint density at radius 3 is 2.46 bits per heavy atom. The number of fused-ring (bicyclic) bond motifs is 1. The molecule has 2 N–H and O–H groups in total. The van der Waals surface area contributed by atoms with Crippen LogP contribution in [0.5, 0.6) is 0 Å². The molecule has 0 spiro atoms. The number of furan rings is 1. The topological polar surface area (TPSA) is 130 Å². The van der Waals surface area contributed by atoms with Gasteiger partial charge < -0.3 is 24.5 Å². The molecular weight excluding hydrogens is 521 g/mol. The average Bonchev–Trinajstić information content (AvgIpc) is 3.52. The standard InChI is InChI=1S/C27H32N5O6P/c1-18-27(2,3)21-16-25(22(17-23(21)30(18)4)28-26(33)24-6-5-13-38-24)39(36,31-11-14-37-15-12-31)29-19-7-9-20(10-8-19)32(34)35/h5-10,13,16-18H,11-12,14-15H2,1-4H3,(H,28,33)(H,29,36)/t18-,39-/m1/s1. The first kappa shape index (κ1) is 26.9. The lowest BCUT2D eigenvalue weighted by Gasteiger charge is -2.36. The summed E-state index contributed by atoms with van der Waals surface area (Å²) < 4.78 is 28.0. The number of hydrogen-bond donors (Lipinski definition) is 2. The van der Waals surface area contributed by atoms with E-state index in [1.54, 1.807) is 24.3 Å². The van der Waals surface area contributed by atoms with E-state index < -0.39 is 18.3 Å². The molecule has 0 aliphatic carbocycles. The van der Waals surface area contributed by atoms with E-state index in [1.807, 2.05) is 23.9 Å². The van der Waals surface area contributed by atoms with E-state index in [0.29, 0.717) is 43.0 Å². The molecular formula is C27H32N5O6P. The van der Waals surface area contributed by atoms with Crippen LogP contribution in [0, 0.1) is 10.1 Å². The molecule has 2 aromatic carbocycles. The number of hydrogen-bond acceptors (Lipinski definition) is 7. The van der Waals surface area contributed by atoms with E-state index in [4.69, 9.17) is 9.15 Å². The van der Waals surface area contributed by atoms with Crippen molar-refractivity contribution >= 4 is 41.4 Å². The average molecular weight is 554 g/mol. The van der Waals surface area contributed by atoms with Crippen molar-refractivity contribution in [1.82, 2.24) is 4.67 Å². The predicted molar refractivity (Wildman–Crippen MR) is 150 cm³/mol. The summed E-state index contributed by atoms with van der Waals surface area (Å²) in [4.78, 5) is 26.0. The normalized spacial score (nSPS) is 20.2. The monoisotopic (exact) mass is 553 g/mol. The van der Waals surface area contributed by atoms with Gasteiger partial charge in [-0.25, -0.2) is 4.67 Å². The van der Waals surface area contributed by atoms with Crippen LogP contribution in [0.4, 0.5) is 22.7 Å². The third kappa shape index (κ3) is 4.82. The van der Waals surface area contributed by atoms with Crippen molar-refractivity contribution < 1.29 is 23.4 Å². The quantitative estimate of drug-likeness (QED) is 0.240. The first-order chi connectivity index (χ1) is 18.5. The number of non-ortho nitro benzene ring substituents is 1. The third-order valence-electron chi connectivity index (χ3n) is 7.88. The number of nitrogens with one attached hydrogen (secondary N) is 2. The number of nitro benzene ring substituents is 1. The van der Waals surface area contributed by atoms with Crippen molar-refractivity contribution in [2.24, 2.45) is 0 Å². The summed E-state index contributed by atoms with van der Waals surface area (Å²) in [6, 6.07) is 13.0. The van der Waals surface area contributed by atoms with Gasteiger partial charge in [0.2, 0.25) is 0 Å². The number of carbonyl (C=O) groups is 1. The Bertz CT molecular complexity index is 1430. The van der Waals surface area contributed by atoms with Crippen LogP contribution >= 0.6 is 7.44 Å². The van der Waals surface area contributed by atoms with Crippen LogP contribution in [0.3, 0.4) is 0 Å². The van der Waals surface area contributed by atoms with Gasteiger partial charge in [0, 0.05) is 55.1 Å². The zero-order valence-corrected chi connectivity index (χ0v) is 23.2. The second kappa shape index (κ2) is 10.1. The summed E-state index contributed by atoms with van der Waals surface area (Å²) in [7, 11) is -1.63. The highest BCUT2D eigenvalue weighted by atomic mass is 31.2. The molecule has 0 unspecified atom stereocenters. The van der Waals surface area contributed by atoms with Gasteiger partial charge in [0.1, 0.15) is 0 Å². The Balaban J connectivity index is 1.67. The lowest BCUT2D eigenvalue weighted by molar-refractivity contribution is -0.384. The number of morpholine rings is 1. The number of likely N-dealkylation sites (N-methyl/N-ethyl adjacent to an activating group) is 1. The molecule has 39 heavy (non-hydrogen) atoms. The Labute approximate surface area is 226 Å². The predicted octanol–water partition coefficient (Wildman–Crippen LogP) is 4.82. The summed E-state index contributed by atoms with van der Waals surface area (Å²) in [6.45, 7) is 8.03. The highest BCUT2D eigenvalue weighted by Crippen LogP contribution is 2.54. The first-order valence-corrected chi connectivity index (χ1v) is 14.4. The van der Waals surface area contributed by atoms with Crippen molar-refractivity contribution in [1.29, 1.82) is 0 Å². The molecule has 0 radical (unpaired) electrons. The van der Waals surface area contributed by atoms with Gasteiger partial charge in [0.25, 0.3) is 19.0 Å². The third-order valence-corrected chi connectivity index (χ3v) is 10.7. The number of carbonyl (C=O) groups excluding carboxylic acids is 1. The van der Waals surface area contributed by atoms with Crippen molar-refractivity contribution in [2.75, 3.05) is 48.7 Å². The number of nitro groups is 1. The number of nitrogens with zero attached hydrogens (tertiary/aromatic N) is 3. The van der Waals surface area contributed by atoms with Crippen LogP contribution in [-0.4, -0.2) is 54.9 Å². The van der Waals surface area contributed by atoms with Gasteiger partial charge >= 0.3 is 0 Å². The van der Waals surface area contributed by atoms with Gasteiger partial charge in [-0.2, -0.15) is 0 Å². The lowest BCUT2D eigenvalue weighted by atomic mass is 9.81. The van der Waals surface area contributed by atoms with Crippen LogP contribution in [-0.2, 0) is 14.7 Å². The Morgan fingerprint density at radius 2 is 1.85 bits per heavy atom. The smallest absolute Gasteiger partial charge is 0.291 e. The minimum atomic E-state index is -3.64. The highest BCUT2D eigenvalue weighted by Gasteiger charge is 2.44. The van der Waals surface area contributed by atoms with Crippen LogP contribution in [0.1, 0.15) is 36.9 Å². The maximum Gasteiger partial charge on any atom is 0.291 e. The summed E-state index contributed by atoms with van der Waals surface area (Å²) in [5.41, 5.74) is 2.49. The Hall–Kier alpha value is -3.66. The van der Waals surface area contributed by atoms with Crippen molar-refractivity contribution in [2.45, 2.75) is 32.2 Å². The summed E-state index contributed by atoms with van der Waals surface area (Å²) in [5.74, 6) is -0.328. The van der Waals surface area contributed by atoms with Gasteiger partial charge in [-0.3, -0.25) is 19.5 Å². The zero-order chi connectivity index (χ0) is 27.9. The molecule has 1 amide bonds. The molecule has 12 heteroatoms. The molecule has 0 saturated carbocycles. The maximum absolute atomic E-state index is 15.3. The second-order valence-corrected chi connectivity index (χ2v) is 12.8. The first-order valence-electron chi connectivity index (χ1n) is 12.7. The van der Waals surface area contributed by atoms with E-state index in [1.165, 1.54) is 18.4 Å². The molecule has 2 atom stereocenters. The Kier molecular flexibility index (Phi) is 7.00. The highest BCUT2D eigenvalue weighted by molar-refractivity contribution is 7.71. The van der Waals surface area contributed by atoms with Crippen LogP contribution in [0.25, 0.3) is 0 Å². The number of ether oxygens (including phenoxy) is 1. The fourth-order valence-corrected chi connectivity index (χ4v) is 7.74. The van der Waals surface area contributed by atoms with E-state index in [2.05, 4.69) is 36.1 Å². The van der Waals surface area contributed by atoms with E-state index in [-0.39, 0.29) is 22.9 Å². The molecule has 1 aromatic heterocycles. The van der Waals surface area contributed by atoms with Crippen LogP contribution in [0.15, 0.2) is 59.2 Å². The molecule has 1 saturated heterocycles. The molecule has 0 bridgehead atoms. The van der Waals surface area contributed by atoms with Crippen molar-refractivity contribution in [3.05, 3.63) is 76.2 Å². The van der Waals surface area contributed by atoms with E-state index in [0.717, 1.165) is 11.3 Å². The SMILES string of the molecule is C[C@H]1N(C)c2cc(NC(=O)c3ccco3)c([P@@](=O)(Nc3ccc([N+](=O)[O-])cc3)N3CCOCC3)cc2C1(C)C. The van der Waals surface area contributed by atoms with Crippen LogP contribution in [0.2, 0.25) is 0 Å². The van der Waals surface area contributed by atoms with Crippen molar-refractivity contribution in [3.8, 4) is 0 Å². The van der Waals surface area contributed by atoms with Gasteiger partial charge in [-0.1, -0.05) is 13.8 Å². The number of rotatable bonds is 7. The van der Waals surface area contributed by atoms with Gasteiger partial charge in [-0.15, -0.1) is 0 Å². The number of amides is 1. The van der Waals surface area contributed by atoms with E-state index in [9.17, 15) is 14.9 Å². The van der Waals surface area contributed by atoms with Gasteiger partial charge in [0.05, 0.1) is 35.4 Å². The summed E-state index contributed by atoms with van der Waals surface area (Å²) in [5, 5.41) is 17.8. The molecule has 3 aromatic rings. The molecule has 3 heterocycles. The van der Waals surface area contributed by atoms with Crippen molar-refractivity contribution in [3.63, 3.8) is 0 Å². The van der Waals surface area contributed by atoms with Gasteiger partial charge in [-0.05, 0) is 48.9 Å². The molecule has 1 fully saturated rings. The molecule has 206 valence electrons. The summed E-state index contributed by atoms with van der Waals surface area (Å²) >= 11 is 0. The zero-order valence-electron chi connectivity index (χ0n) is 22.3. The second-order valence-electron chi connectivity index (χ2n) is 10.4. The van der Waals surface area contributed by atoms with Gasteiger partial charge in [0.15, 0.2) is 5.76 Å². The number of anilines is 3. The Morgan fingerprint density at radius 1 is 1.15 bits per heavy atom.